The third-order valence-electron chi connectivity index (χ3n) is 5.24. The van der Waals surface area contributed by atoms with Crippen LogP contribution < -0.4 is 0 Å². The van der Waals surface area contributed by atoms with Crippen molar-refractivity contribution in [3.05, 3.63) is 70.8 Å². The molecule has 2 aromatic rings. The number of ketones is 1. The lowest BCUT2D eigenvalue weighted by Crippen LogP contribution is -2.31. The minimum Gasteiger partial charge on any atom is -0.294 e. The SMILES string of the molecule is CC1(C2CCc3ccccc32)Cc2ccccc2C1=O. The molecule has 1 nitrogen and oxygen atoms in total. The van der Waals surface area contributed by atoms with E-state index in [-0.39, 0.29) is 5.41 Å². The van der Waals surface area contributed by atoms with E-state index >= 15 is 0 Å². The largest absolute Gasteiger partial charge is 0.294 e. The molecule has 2 aromatic carbocycles. The van der Waals surface area contributed by atoms with Crippen molar-refractivity contribution in [3.63, 3.8) is 0 Å². The molecule has 0 bridgehead atoms. The average Bonchev–Trinajstić information content (AvgIpc) is 3.01. The maximum Gasteiger partial charge on any atom is 0.169 e. The highest BCUT2D eigenvalue weighted by Gasteiger charge is 2.49. The highest BCUT2D eigenvalue weighted by Crippen LogP contribution is 2.51. The molecule has 2 aliphatic carbocycles. The summed E-state index contributed by atoms with van der Waals surface area (Å²) in [6.07, 6.45) is 3.11. The highest BCUT2D eigenvalue weighted by atomic mass is 16.1. The van der Waals surface area contributed by atoms with E-state index in [0.717, 1.165) is 24.8 Å². The zero-order valence-electron chi connectivity index (χ0n) is 11.7. The Morgan fingerprint density at radius 1 is 1.00 bits per heavy atom. The fourth-order valence-electron chi connectivity index (χ4n) is 4.18. The summed E-state index contributed by atoms with van der Waals surface area (Å²) in [5, 5.41) is 0. The zero-order chi connectivity index (χ0) is 13.7. The molecule has 0 fully saturated rings. The number of carbonyl (C=O) groups is 1. The quantitative estimate of drug-likeness (QED) is 0.754. The van der Waals surface area contributed by atoms with E-state index < -0.39 is 0 Å². The summed E-state index contributed by atoms with van der Waals surface area (Å²) in [5.74, 6) is 0.716. The summed E-state index contributed by atoms with van der Waals surface area (Å²) in [5.41, 5.74) is 4.75. The van der Waals surface area contributed by atoms with E-state index in [1.807, 2.05) is 18.2 Å². The smallest absolute Gasteiger partial charge is 0.169 e. The molecule has 0 aliphatic heterocycles. The fraction of sp³-hybridized carbons (Fsp3) is 0.316. The molecule has 0 aromatic heterocycles. The van der Waals surface area contributed by atoms with Gasteiger partial charge in [0.25, 0.3) is 0 Å². The van der Waals surface area contributed by atoms with Gasteiger partial charge < -0.3 is 0 Å². The number of fused-ring (bicyclic) bond motifs is 2. The average molecular weight is 262 g/mol. The van der Waals surface area contributed by atoms with Crippen molar-refractivity contribution in [2.45, 2.75) is 32.1 Å². The Labute approximate surface area is 119 Å². The van der Waals surface area contributed by atoms with Gasteiger partial charge in [-0.25, -0.2) is 0 Å². The summed E-state index contributed by atoms with van der Waals surface area (Å²) in [6, 6.07) is 16.8. The van der Waals surface area contributed by atoms with Crippen molar-refractivity contribution >= 4 is 5.78 Å². The molecule has 0 saturated carbocycles. The lowest BCUT2D eigenvalue weighted by molar-refractivity contribution is 0.0801. The molecule has 0 N–H and O–H groups in total. The van der Waals surface area contributed by atoms with Crippen molar-refractivity contribution in [1.82, 2.24) is 0 Å². The van der Waals surface area contributed by atoms with Crippen molar-refractivity contribution in [3.8, 4) is 0 Å². The van der Waals surface area contributed by atoms with Gasteiger partial charge in [0.2, 0.25) is 0 Å². The number of hydrogen-bond donors (Lipinski definition) is 0. The van der Waals surface area contributed by atoms with Crippen LogP contribution in [0.15, 0.2) is 48.5 Å². The minimum absolute atomic E-state index is 0.254. The van der Waals surface area contributed by atoms with Crippen LogP contribution in [0.25, 0.3) is 0 Å². The van der Waals surface area contributed by atoms with Crippen LogP contribution in [0.4, 0.5) is 0 Å². The number of rotatable bonds is 1. The summed E-state index contributed by atoms with van der Waals surface area (Å²) in [7, 11) is 0. The molecule has 4 rings (SSSR count). The predicted molar refractivity (Wildman–Crippen MR) is 80.1 cm³/mol. The van der Waals surface area contributed by atoms with Crippen molar-refractivity contribution in [2.75, 3.05) is 0 Å². The molecule has 2 atom stereocenters. The van der Waals surface area contributed by atoms with Gasteiger partial charge in [0.1, 0.15) is 0 Å². The molecule has 0 heterocycles. The van der Waals surface area contributed by atoms with E-state index in [9.17, 15) is 4.79 Å². The van der Waals surface area contributed by atoms with Crippen molar-refractivity contribution < 1.29 is 4.79 Å². The standard InChI is InChI=1S/C19H18O/c1-19(12-14-7-3-5-9-16(14)18(19)20)17-11-10-13-6-2-4-8-15(13)17/h2-9,17H,10-12H2,1H3. The van der Waals surface area contributed by atoms with E-state index in [4.69, 9.17) is 0 Å². The van der Waals surface area contributed by atoms with Crippen molar-refractivity contribution in [2.24, 2.45) is 5.41 Å². The number of aryl methyl sites for hydroxylation is 1. The van der Waals surface area contributed by atoms with Gasteiger partial charge in [0.15, 0.2) is 5.78 Å². The van der Waals surface area contributed by atoms with Crippen LogP contribution in [0.3, 0.4) is 0 Å². The Kier molecular flexibility index (Phi) is 2.41. The third kappa shape index (κ3) is 1.46. The third-order valence-corrected chi connectivity index (χ3v) is 5.24. The Morgan fingerprint density at radius 3 is 2.50 bits per heavy atom. The van der Waals surface area contributed by atoms with E-state index in [0.29, 0.717) is 11.7 Å². The molecule has 2 aliphatic rings. The second kappa shape index (κ2) is 4.05. The summed E-state index contributed by atoms with van der Waals surface area (Å²) >= 11 is 0. The zero-order valence-corrected chi connectivity index (χ0v) is 11.7. The van der Waals surface area contributed by atoms with Crippen LogP contribution in [0.1, 0.15) is 46.3 Å². The monoisotopic (exact) mass is 262 g/mol. The number of Topliss-reactive ketones (excluding diaryl/α,β-unsaturated/α-hetero) is 1. The molecular weight excluding hydrogens is 244 g/mol. The molecule has 1 heteroatoms. The Bertz CT molecular complexity index is 700. The molecule has 0 amide bonds. The summed E-state index contributed by atoms with van der Waals surface area (Å²) in [4.78, 5) is 12.9. The van der Waals surface area contributed by atoms with Crippen LogP contribution in [0, 0.1) is 5.41 Å². The minimum atomic E-state index is -0.254. The second-order valence-electron chi connectivity index (χ2n) is 6.37. The van der Waals surface area contributed by atoms with Gasteiger partial charge in [-0.05, 0) is 41.9 Å². The van der Waals surface area contributed by atoms with Gasteiger partial charge in [-0.3, -0.25) is 4.79 Å². The molecule has 0 radical (unpaired) electrons. The van der Waals surface area contributed by atoms with Gasteiger partial charge in [-0.1, -0.05) is 55.5 Å². The maximum atomic E-state index is 12.9. The van der Waals surface area contributed by atoms with Crippen molar-refractivity contribution in [1.29, 1.82) is 0 Å². The summed E-state index contributed by atoms with van der Waals surface area (Å²) < 4.78 is 0. The van der Waals surface area contributed by atoms with Gasteiger partial charge in [-0.2, -0.15) is 0 Å². The van der Waals surface area contributed by atoms with Crippen LogP contribution >= 0.6 is 0 Å². The molecule has 0 saturated heterocycles. The lowest BCUT2D eigenvalue weighted by atomic mass is 9.71. The Morgan fingerprint density at radius 2 is 1.70 bits per heavy atom. The highest BCUT2D eigenvalue weighted by molar-refractivity contribution is 6.05. The number of benzene rings is 2. The number of hydrogen-bond acceptors (Lipinski definition) is 1. The normalized spacial score (nSPS) is 27.4. The first-order valence-corrected chi connectivity index (χ1v) is 7.41. The van der Waals surface area contributed by atoms with Crippen LogP contribution in [-0.4, -0.2) is 5.78 Å². The predicted octanol–water partition coefficient (Wildman–Crippen LogP) is 4.16. The van der Waals surface area contributed by atoms with Crippen LogP contribution in [-0.2, 0) is 12.8 Å². The first-order chi connectivity index (χ1) is 9.70. The molecule has 100 valence electrons. The lowest BCUT2D eigenvalue weighted by Gasteiger charge is -2.30. The van der Waals surface area contributed by atoms with E-state index in [2.05, 4.69) is 37.3 Å². The van der Waals surface area contributed by atoms with Gasteiger partial charge in [0.05, 0.1) is 0 Å². The Balaban J connectivity index is 1.80. The second-order valence-corrected chi connectivity index (χ2v) is 6.37. The van der Waals surface area contributed by atoms with Crippen LogP contribution in [0.2, 0.25) is 0 Å². The molecular formula is C19H18O. The molecule has 2 unspecified atom stereocenters. The first-order valence-electron chi connectivity index (χ1n) is 7.41. The molecule has 20 heavy (non-hydrogen) atoms. The topological polar surface area (TPSA) is 17.1 Å². The molecule has 0 spiro atoms. The Hall–Kier alpha value is -1.89. The first kappa shape index (κ1) is 11.9. The van der Waals surface area contributed by atoms with E-state index in [1.54, 1.807) is 0 Å². The summed E-state index contributed by atoms with van der Waals surface area (Å²) in [6.45, 7) is 2.17. The number of carbonyl (C=O) groups excluding carboxylic acids is 1. The van der Waals surface area contributed by atoms with Gasteiger partial charge in [-0.15, -0.1) is 0 Å². The fourth-order valence-corrected chi connectivity index (χ4v) is 4.18. The maximum absolute atomic E-state index is 12.9. The van der Waals surface area contributed by atoms with Crippen LogP contribution in [0.5, 0.6) is 0 Å². The van der Waals surface area contributed by atoms with Gasteiger partial charge in [0, 0.05) is 11.0 Å². The van der Waals surface area contributed by atoms with Gasteiger partial charge >= 0.3 is 0 Å². The van der Waals surface area contributed by atoms with E-state index in [1.165, 1.54) is 16.7 Å².